The molecular formula is C5H13F2N. The lowest BCUT2D eigenvalue weighted by molar-refractivity contribution is 0.418. The first-order valence-corrected chi connectivity index (χ1v) is 2.58. The molecule has 0 radical (unpaired) electrons. The Morgan fingerprint density at radius 2 is 1.38 bits per heavy atom. The lowest BCUT2D eigenvalue weighted by atomic mass is 10.4. The van der Waals surface area contributed by atoms with Gasteiger partial charge in [0.2, 0.25) is 0 Å². The number of halogens is 2. The molecule has 1 rings (SSSR count). The molecule has 52 valence electrons. The molecule has 0 saturated carbocycles. The van der Waals surface area contributed by atoms with Gasteiger partial charge in [-0.1, -0.05) is 0 Å². The molecule has 1 aliphatic rings. The number of likely N-dealkylation sites (tertiary alicyclic amines) is 1. The van der Waals surface area contributed by atoms with Gasteiger partial charge in [0.05, 0.1) is 0 Å². The minimum atomic E-state index is 0. The molecule has 1 heterocycles. The van der Waals surface area contributed by atoms with E-state index in [-0.39, 0.29) is 9.41 Å². The van der Waals surface area contributed by atoms with Gasteiger partial charge in [0.25, 0.3) is 0 Å². The summed E-state index contributed by atoms with van der Waals surface area (Å²) in [6.45, 7) is 2.64. The normalized spacial score (nSPS) is 19.1. The Morgan fingerprint density at radius 3 is 1.50 bits per heavy atom. The number of nitrogens with zero attached hydrogens (tertiary/aromatic N) is 1. The van der Waals surface area contributed by atoms with Crippen LogP contribution < -0.4 is 0 Å². The Balaban J connectivity index is 0. The van der Waals surface area contributed by atoms with Gasteiger partial charge in [0.1, 0.15) is 0 Å². The van der Waals surface area contributed by atoms with E-state index in [9.17, 15) is 0 Å². The summed E-state index contributed by atoms with van der Waals surface area (Å²) < 4.78 is 0. The molecule has 0 aromatic heterocycles. The van der Waals surface area contributed by atoms with Gasteiger partial charge >= 0.3 is 0 Å². The second-order valence-electron chi connectivity index (χ2n) is 2.01. The Kier molecular flexibility index (Phi) is 6.67. The third kappa shape index (κ3) is 2.91. The first-order valence-electron chi connectivity index (χ1n) is 2.58. The fourth-order valence-electron chi connectivity index (χ4n) is 0.875. The van der Waals surface area contributed by atoms with Crippen LogP contribution in [0.4, 0.5) is 9.41 Å². The number of hydrogen-bond donors (Lipinski definition) is 0. The van der Waals surface area contributed by atoms with Crippen molar-refractivity contribution >= 4 is 0 Å². The quantitative estimate of drug-likeness (QED) is 0.467. The fourth-order valence-corrected chi connectivity index (χ4v) is 0.875. The SMILES string of the molecule is CN1CCCC1.F.F. The highest BCUT2D eigenvalue weighted by molar-refractivity contribution is 4.59. The maximum absolute atomic E-state index is 2.36. The predicted molar refractivity (Wildman–Crippen MR) is 31.7 cm³/mol. The van der Waals surface area contributed by atoms with E-state index in [4.69, 9.17) is 0 Å². The van der Waals surface area contributed by atoms with Crippen molar-refractivity contribution in [3.63, 3.8) is 0 Å². The van der Waals surface area contributed by atoms with E-state index >= 15 is 0 Å². The molecule has 1 nitrogen and oxygen atoms in total. The molecule has 0 spiro atoms. The van der Waals surface area contributed by atoms with Crippen molar-refractivity contribution in [3.05, 3.63) is 0 Å². The van der Waals surface area contributed by atoms with E-state index < -0.39 is 0 Å². The summed E-state index contributed by atoms with van der Waals surface area (Å²) in [5.74, 6) is 0. The molecule has 3 heteroatoms. The maximum Gasteiger partial charge on any atom is -0.00213 e. The highest BCUT2D eigenvalue weighted by Crippen LogP contribution is 2.01. The molecule has 1 saturated heterocycles. The third-order valence-corrected chi connectivity index (χ3v) is 1.33. The standard InChI is InChI=1S/C5H11N.2FH/c1-6-4-2-3-5-6;;/h2-5H2,1H3;2*1H. The molecule has 0 aliphatic carbocycles. The summed E-state index contributed by atoms with van der Waals surface area (Å²) in [5.41, 5.74) is 0. The van der Waals surface area contributed by atoms with Crippen LogP contribution in [0.25, 0.3) is 0 Å². The van der Waals surface area contributed by atoms with Crippen LogP contribution in [-0.2, 0) is 0 Å². The van der Waals surface area contributed by atoms with Crippen LogP contribution in [-0.4, -0.2) is 25.0 Å². The van der Waals surface area contributed by atoms with Crippen LogP contribution >= 0.6 is 0 Å². The number of rotatable bonds is 0. The minimum Gasteiger partial charge on any atom is -0.306 e. The van der Waals surface area contributed by atoms with Gasteiger partial charge in [-0.25, -0.2) is 0 Å². The summed E-state index contributed by atoms with van der Waals surface area (Å²) in [4.78, 5) is 2.36. The summed E-state index contributed by atoms with van der Waals surface area (Å²) in [5, 5.41) is 0. The van der Waals surface area contributed by atoms with E-state index in [1.165, 1.54) is 25.9 Å². The molecule has 0 amide bonds. The molecule has 0 unspecified atom stereocenters. The first-order chi connectivity index (χ1) is 2.89. The molecule has 0 aromatic rings. The molecule has 8 heavy (non-hydrogen) atoms. The van der Waals surface area contributed by atoms with Gasteiger partial charge in [-0.2, -0.15) is 0 Å². The summed E-state index contributed by atoms with van der Waals surface area (Å²) in [7, 11) is 2.17. The van der Waals surface area contributed by atoms with Crippen molar-refractivity contribution < 1.29 is 9.41 Å². The molecule has 1 fully saturated rings. The van der Waals surface area contributed by atoms with E-state index in [2.05, 4.69) is 11.9 Å². The predicted octanol–water partition coefficient (Wildman–Crippen LogP) is 1.02. The lowest BCUT2D eigenvalue weighted by Gasteiger charge is -2.01. The van der Waals surface area contributed by atoms with Gasteiger partial charge in [-0.3, -0.25) is 9.41 Å². The summed E-state index contributed by atoms with van der Waals surface area (Å²) in [6, 6.07) is 0. The maximum atomic E-state index is 2.36. The first kappa shape index (κ1) is 10.7. The second kappa shape index (κ2) is 4.97. The molecular weight excluding hydrogens is 112 g/mol. The summed E-state index contributed by atoms with van der Waals surface area (Å²) >= 11 is 0. The molecule has 0 N–H and O–H groups in total. The van der Waals surface area contributed by atoms with Crippen molar-refractivity contribution in [1.29, 1.82) is 0 Å². The van der Waals surface area contributed by atoms with Crippen molar-refractivity contribution in [3.8, 4) is 0 Å². The van der Waals surface area contributed by atoms with E-state index in [0.717, 1.165) is 0 Å². The Labute approximate surface area is 48.4 Å². The third-order valence-electron chi connectivity index (χ3n) is 1.33. The number of hydrogen-bond acceptors (Lipinski definition) is 1. The van der Waals surface area contributed by atoms with Crippen molar-refractivity contribution in [2.24, 2.45) is 0 Å². The topological polar surface area (TPSA) is 3.24 Å². The molecule has 0 aromatic carbocycles. The Morgan fingerprint density at radius 1 is 1.00 bits per heavy atom. The summed E-state index contributed by atoms with van der Waals surface area (Å²) in [6.07, 6.45) is 2.83. The van der Waals surface area contributed by atoms with Gasteiger partial charge in [0.15, 0.2) is 0 Å². The average Bonchev–Trinajstić information content (AvgIpc) is 1.86. The highest BCUT2D eigenvalue weighted by Gasteiger charge is 2.03. The zero-order valence-electron chi connectivity index (χ0n) is 5.09. The average molecular weight is 125 g/mol. The lowest BCUT2D eigenvalue weighted by Crippen LogP contribution is -2.10. The Bertz CT molecular complexity index is 43.7. The van der Waals surface area contributed by atoms with E-state index in [1.54, 1.807) is 0 Å². The Hall–Kier alpha value is -0.180. The van der Waals surface area contributed by atoms with Gasteiger partial charge in [-0.15, -0.1) is 0 Å². The van der Waals surface area contributed by atoms with Crippen LogP contribution in [0.5, 0.6) is 0 Å². The highest BCUT2D eigenvalue weighted by atomic mass is 19.0. The van der Waals surface area contributed by atoms with Crippen LogP contribution in [0, 0.1) is 0 Å². The zero-order chi connectivity index (χ0) is 4.41. The van der Waals surface area contributed by atoms with Crippen LogP contribution in [0.1, 0.15) is 12.8 Å². The largest absolute Gasteiger partial charge is 0.306 e. The molecule has 0 bridgehead atoms. The minimum absolute atomic E-state index is 0. The van der Waals surface area contributed by atoms with Crippen LogP contribution in [0.2, 0.25) is 0 Å². The molecule has 0 atom stereocenters. The van der Waals surface area contributed by atoms with Crippen LogP contribution in [0.3, 0.4) is 0 Å². The van der Waals surface area contributed by atoms with Crippen molar-refractivity contribution in [2.45, 2.75) is 12.8 Å². The van der Waals surface area contributed by atoms with Gasteiger partial charge < -0.3 is 4.90 Å². The van der Waals surface area contributed by atoms with Gasteiger partial charge in [-0.05, 0) is 33.0 Å². The van der Waals surface area contributed by atoms with Gasteiger partial charge in [0, 0.05) is 0 Å². The van der Waals surface area contributed by atoms with E-state index in [0.29, 0.717) is 0 Å². The fraction of sp³-hybridized carbons (Fsp3) is 1.00. The smallest absolute Gasteiger partial charge is 0.00213 e. The monoisotopic (exact) mass is 125 g/mol. The van der Waals surface area contributed by atoms with Crippen LogP contribution in [0.15, 0.2) is 0 Å². The zero-order valence-corrected chi connectivity index (χ0v) is 5.09. The van der Waals surface area contributed by atoms with Crippen molar-refractivity contribution in [1.82, 2.24) is 4.90 Å². The van der Waals surface area contributed by atoms with E-state index in [1.807, 2.05) is 0 Å². The van der Waals surface area contributed by atoms with Crippen molar-refractivity contribution in [2.75, 3.05) is 20.1 Å². The second-order valence-corrected chi connectivity index (χ2v) is 2.01. The molecule has 1 aliphatic heterocycles.